The zero-order chi connectivity index (χ0) is 22.4. The van der Waals surface area contributed by atoms with Crippen molar-refractivity contribution >= 4 is 32.9 Å². The average molecular weight is 443 g/mol. The SMILES string of the molecule is CN(C)C(=O)Nc1ccc(S(C)(=O)=O)c(-c2nc3cc(C(F)(F)F)nnc3n2C)n1. The van der Waals surface area contributed by atoms with Gasteiger partial charge < -0.3 is 9.47 Å². The first-order chi connectivity index (χ1) is 13.8. The van der Waals surface area contributed by atoms with Gasteiger partial charge in [0, 0.05) is 33.5 Å². The third-order valence-corrected chi connectivity index (χ3v) is 5.15. The first kappa shape index (κ1) is 21.4. The lowest BCUT2D eigenvalue weighted by atomic mass is 10.3. The maximum Gasteiger partial charge on any atom is 0.435 e. The number of sulfone groups is 1. The zero-order valence-corrected chi connectivity index (χ0v) is 17.0. The second kappa shape index (κ2) is 7.19. The van der Waals surface area contributed by atoms with Gasteiger partial charge in [-0.25, -0.2) is 23.2 Å². The highest BCUT2D eigenvalue weighted by Crippen LogP contribution is 2.31. The minimum absolute atomic E-state index is 0.00183. The van der Waals surface area contributed by atoms with Crippen LogP contribution in [0.25, 0.3) is 22.7 Å². The predicted molar refractivity (Wildman–Crippen MR) is 100 cm³/mol. The quantitative estimate of drug-likeness (QED) is 0.656. The van der Waals surface area contributed by atoms with Crippen LogP contribution in [-0.4, -0.2) is 64.4 Å². The number of rotatable bonds is 3. The number of fused-ring (bicyclic) bond motifs is 1. The van der Waals surface area contributed by atoms with Crippen LogP contribution >= 0.6 is 0 Å². The third-order valence-electron chi connectivity index (χ3n) is 4.02. The van der Waals surface area contributed by atoms with Crippen LogP contribution in [0.4, 0.5) is 23.8 Å². The summed E-state index contributed by atoms with van der Waals surface area (Å²) in [7, 11) is 0.659. The smallest absolute Gasteiger partial charge is 0.331 e. The molecule has 2 amide bonds. The minimum Gasteiger partial charge on any atom is -0.331 e. The lowest BCUT2D eigenvalue weighted by Gasteiger charge is -2.13. The maximum atomic E-state index is 12.9. The molecule has 10 nitrogen and oxygen atoms in total. The number of pyridine rings is 1. The van der Waals surface area contributed by atoms with Crippen molar-refractivity contribution in [2.45, 2.75) is 11.1 Å². The Kier molecular flexibility index (Phi) is 5.14. The number of hydrogen-bond donors (Lipinski definition) is 1. The van der Waals surface area contributed by atoms with Gasteiger partial charge in [0.15, 0.2) is 27.0 Å². The Morgan fingerprint density at radius 2 is 1.83 bits per heavy atom. The van der Waals surface area contributed by atoms with Crippen LogP contribution in [0.1, 0.15) is 5.69 Å². The van der Waals surface area contributed by atoms with Crippen molar-refractivity contribution in [1.29, 1.82) is 0 Å². The highest BCUT2D eigenvalue weighted by atomic mass is 32.2. The Morgan fingerprint density at radius 1 is 1.17 bits per heavy atom. The summed E-state index contributed by atoms with van der Waals surface area (Å²) < 4.78 is 64.5. The number of halogens is 3. The van der Waals surface area contributed by atoms with Gasteiger partial charge >= 0.3 is 12.2 Å². The van der Waals surface area contributed by atoms with Crippen LogP contribution in [0.15, 0.2) is 23.1 Å². The molecule has 3 aromatic heterocycles. The van der Waals surface area contributed by atoms with Crippen molar-refractivity contribution in [1.82, 2.24) is 29.6 Å². The molecule has 3 aromatic rings. The topological polar surface area (TPSA) is 123 Å². The number of imidazole rings is 1. The van der Waals surface area contributed by atoms with Crippen LogP contribution in [-0.2, 0) is 23.1 Å². The molecule has 0 aliphatic carbocycles. The number of carbonyl (C=O) groups excluding carboxylic acids is 1. The number of anilines is 1. The Bertz CT molecular complexity index is 1250. The molecule has 0 fully saturated rings. The van der Waals surface area contributed by atoms with Crippen molar-refractivity contribution in [3.63, 3.8) is 0 Å². The fourth-order valence-electron chi connectivity index (χ4n) is 2.53. The van der Waals surface area contributed by atoms with E-state index in [-0.39, 0.29) is 33.4 Å². The van der Waals surface area contributed by atoms with Crippen molar-refractivity contribution < 1.29 is 26.4 Å². The molecule has 14 heteroatoms. The van der Waals surface area contributed by atoms with Gasteiger partial charge in [-0.2, -0.15) is 13.2 Å². The van der Waals surface area contributed by atoms with Crippen molar-refractivity contribution in [2.75, 3.05) is 25.7 Å². The van der Waals surface area contributed by atoms with Crippen LogP contribution < -0.4 is 5.32 Å². The summed E-state index contributed by atoms with van der Waals surface area (Å²) in [6.45, 7) is 0. The molecule has 0 unspecified atom stereocenters. The van der Waals surface area contributed by atoms with Gasteiger partial charge in [0.25, 0.3) is 0 Å². The van der Waals surface area contributed by atoms with E-state index in [1.807, 2.05) is 0 Å². The standard InChI is InChI=1S/C16H16F3N7O3S/c1-25(2)15(27)22-11-6-5-9(30(4,28)29)12(21-11)14-20-8-7-10(16(17,18)19)23-24-13(8)26(14)3/h5-7H,1-4H3,(H,21,22,27). The number of aromatic nitrogens is 5. The summed E-state index contributed by atoms with van der Waals surface area (Å²) in [6, 6.07) is 2.73. The van der Waals surface area contributed by atoms with Gasteiger partial charge in [0.1, 0.15) is 17.0 Å². The van der Waals surface area contributed by atoms with Gasteiger partial charge in [0.2, 0.25) is 0 Å². The molecule has 0 aliphatic rings. The second-order valence-electron chi connectivity index (χ2n) is 6.57. The van der Waals surface area contributed by atoms with E-state index >= 15 is 0 Å². The molecule has 160 valence electrons. The molecule has 0 spiro atoms. The summed E-state index contributed by atoms with van der Waals surface area (Å²) in [4.78, 5) is 21.2. The fraction of sp³-hybridized carbons (Fsp3) is 0.312. The lowest BCUT2D eigenvalue weighted by molar-refractivity contribution is -0.141. The fourth-order valence-corrected chi connectivity index (χ4v) is 3.34. The third kappa shape index (κ3) is 4.03. The molecule has 3 heterocycles. The monoisotopic (exact) mass is 443 g/mol. The van der Waals surface area contributed by atoms with Gasteiger partial charge in [-0.05, 0) is 12.1 Å². The van der Waals surface area contributed by atoms with E-state index in [1.165, 1.54) is 42.7 Å². The average Bonchev–Trinajstić information content (AvgIpc) is 2.96. The summed E-state index contributed by atoms with van der Waals surface area (Å²) in [6.07, 6.45) is -3.76. The Balaban J connectivity index is 2.23. The van der Waals surface area contributed by atoms with Crippen LogP contribution in [0.2, 0.25) is 0 Å². The largest absolute Gasteiger partial charge is 0.435 e. The van der Waals surface area contributed by atoms with E-state index in [2.05, 4.69) is 25.5 Å². The number of aryl methyl sites for hydroxylation is 1. The Labute approximate surface area is 168 Å². The van der Waals surface area contributed by atoms with Gasteiger partial charge in [-0.1, -0.05) is 0 Å². The van der Waals surface area contributed by atoms with Crippen molar-refractivity contribution in [3.8, 4) is 11.5 Å². The number of nitrogens with one attached hydrogen (secondary N) is 1. The van der Waals surface area contributed by atoms with E-state index in [4.69, 9.17) is 0 Å². The van der Waals surface area contributed by atoms with E-state index in [0.717, 1.165) is 6.26 Å². The summed E-state index contributed by atoms with van der Waals surface area (Å²) in [5, 5.41) is 9.19. The molecule has 3 rings (SSSR count). The Morgan fingerprint density at radius 3 is 2.40 bits per heavy atom. The molecule has 30 heavy (non-hydrogen) atoms. The number of hydrogen-bond acceptors (Lipinski definition) is 7. The number of urea groups is 1. The lowest BCUT2D eigenvalue weighted by Crippen LogP contribution is -2.27. The van der Waals surface area contributed by atoms with E-state index in [1.54, 1.807) is 0 Å². The van der Waals surface area contributed by atoms with Gasteiger partial charge in [-0.15, -0.1) is 10.2 Å². The molecule has 0 saturated carbocycles. The number of alkyl halides is 3. The van der Waals surface area contributed by atoms with E-state index in [9.17, 15) is 26.4 Å². The second-order valence-corrected chi connectivity index (χ2v) is 8.55. The highest BCUT2D eigenvalue weighted by molar-refractivity contribution is 7.90. The Hall–Kier alpha value is -3.29. The normalized spacial score (nSPS) is 12.2. The van der Waals surface area contributed by atoms with E-state index < -0.39 is 27.7 Å². The number of amides is 2. The van der Waals surface area contributed by atoms with Crippen LogP contribution in [0.3, 0.4) is 0 Å². The molecular weight excluding hydrogens is 427 g/mol. The first-order valence-electron chi connectivity index (χ1n) is 8.26. The molecule has 0 radical (unpaired) electrons. The highest BCUT2D eigenvalue weighted by Gasteiger charge is 2.34. The van der Waals surface area contributed by atoms with E-state index in [0.29, 0.717) is 6.07 Å². The van der Waals surface area contributed by atoms with Gasteiger partial charge in [-0.3, -0.25) is 5.32 Å². The van der Waals surface area contributed by atoms with Crippen molar-refractivity contribution in [3.05, 3.63) is 23.9 Å². The maximum absolute atomic E-state index is 12.9. The molecule has 0 aliphatic heterocycles. The molecular formula is C16H16F3N7O3S. The minimum atomic E-state index is -4.72. The first-order valence-corrected chi connectivity index (χ1v) is 10.2. The molecule has 0 saturated heterocycles. The zero-order valence-electron chi connectivity index (χ0n) is 16.2. The molecule has 0 bridgehead atoms. The van der Waals surface area contributed by atoms with Crippen LogP contribution in [0.5, 0.6) is 0 Å². The molecule has 0 atom stereocenters. The van der Waals surface area contributed by atoms with Crippen LogP contribution in [0, 0.1) is 0 Å². The van der Waals surface area contributed by atoms with Crippen molar-refractivity contribution in [2.24, 2.45) is 7.05 Å². The molecule has 0 aromatic carbocycles. The summed E-state index contributed by atoms with van der Waals surface area (Å²) >= 11 is 0. The number of carbonyl (C=O) groups is 1. The summed E-state index contributed by atoms with van der Waals surface area (Å²) in [5.41, 5.74) is -1.52. The molecule has 1 N–H and O–H groups in total. The van der Waals surface area contributed by atoms with Gasteiger partial charge in [0.05, 0.1) is 4.90 Å². The predicted octanol–water partition coefficient (Wildman–Crippen LogP) is 1.94. The summed E-state index contributed by atoms with van der Waals surface area (Å²) in [5.74, 6) is -0.0229. The number of nitrogens with zero attached hydrogens (tertiary/aromatic N) is 6.